The van der Waals surface area contributed by atoms with Crippen molar-refractivity contribution in [3.05, 3.63) is 80.5 Å². The Kier molecular flexibility index (Phi) is 7.05. The van der Waals surface area contributed by atoms with Gasteiger partial charge in [-0.05, 0) is 79.9 Å². The lowest BCUT2D eigenvalue weighted by Crippen LogP contribution is -2.46. The van der Waals surface area contributed by atoms with E-state index in [0.29, 0.717) is 33.8 Å². The molecule has 4 aliphatic rings. The lowest BCUT2D eigenvalue weighted by atomic mass is 9.58. The summed E-state index contributed by atoms with van der Waals surface area (Å²) >= 11 is 19.3. The third-order valence-electron chi connectivity index (χ3n) is 9.27. The molecule has 0 amide bonds. The van der Waals surface area contributed by atoms with Gasteiger partial charge < -0.3 is 14.4 Å². The number of fused-ring (bicyclic) bond motifs is 4. The van der Waals surface area contributed by atoms with Crippen molar-refractivity contribution in [2.24, 2.45) is 5.41 Å². The molecule has 4 fully saturated rings. The van der Waals surface area contributed by atoms with Crippen LogP contribution in [0.5, 0.6) is 0 Å². The number of hydrogen-bond acceptors (Lipinski definition) is 6. The Hall–Kier alpha value is -2.97. The van der Waals surface area contributed by atoms with Crippen LogP contribution < -0.4 is 0 Å². The van der Waals surface area contributed by atoms with E-state index in [9.17, 15) is 9.90 Å². The molecular formula is C32H28Cl3N3O4. The molecule has 1 N–H and O–H groups in total. The van der Waals surface area contributed by atoms with Crippen LogP contribution in [0.25, 0.3) is 28.1 Å². The zero-order valence-corrected chi connectivity index (χ0v) is 25.0. The lowest BCUT2D eigenvalue weighted by Gasteiger charge is -2.52. The quantitative estimate of drug-likeness (QED) is 0.195. The monoisotopic (exact) mass is 623 g/mol. The summed E-state index contributed by atoms with van der Waals surface area (Å²) in [7, 11) is 0. The number of rotatable bonds is 8. The van der Waals surface area contributed by atoms with Gasteiger partial charge in [-0.1, -0.05) is 64.2 Å². The summed E-state index contributed by atoms with van der Waals surface area (Å²) in [4.78, 5) is 19.4. The van der Waals surface area contributed by atoms with Crippen molar-refractivity contribution >= 4 is 57.6 Å². The highest BCUT2D eigenvalue weighted by molar-refractivity contribution is 6.39. The summed E-state index contributed by atoms with van der Waals surface area (Å²) in [5, 5.41) is 16.2. The predicted molar refractivity (Wildman–Crippen MR) is 162 cm³/mol. The van der Waals surface area contributed by atoms with Gasteiger partial charge in [0.05, 0.1) is 22.3 Å². The van der Waals surface area contributed by atoms with Crippen molar-refractivity contribution in [3.8, 4) is 11.3 Å². The van der Waals surface area contributed by atoms with Gasteiger partial charge in [0, 0.05) is 34.8 Å². The highest BCUT2D eigenvalue weighted by Gasteiger charge is 2.48. The third-order valence-corrected chi connectivity index (χ3v) is 10.1. The summed E-state index contributed by atoms with van der Waals surface area (Å²) in [6.45, 7) is 0.415. The van der Waals surface area contributed by atoms with Crippen molar-refractivity contribution in [1.29, 1.82) is 0 Å². The summed E-state index contributed by atoms with van der Waals surface area (Å²) in [5.41, 5.74) is 3.17. The minimum absolute atomic E-state index is 0.0567. The van der Waals surface area contributed by atoms with Crippen molar-refractivity contribution < 1.29 is 19.2 Å². The molecule has 0 spiro atoms. The van der Waals surface area contributed by atoms with Gasteiger partial charge in [0.2, 0.25) is 0 Å². The molecule has 0 atom stereocenters. The molecule has 3 heterocycles. The number of pyridine rings is 2. The molecule has 7 nitrogen and oxygen atoms in total. The minimum Gasteiger partial charge on any atom is -0.477 e. The Morgan fingerprint density at radius 2 is 1.76 bits per heavy atom. The number of carboxylic acid groups (broad SMARTS) is 1. The first-order valence-corrected chi connectivity index (χ1v) is 15.3. The number of aromatic nitrogens is 3. The van der Waals surface area contributed by atoms with E-state index in [1.165, 1.54) is 0 Å². The molecule has 1 aromatic carbocycles. The van der Waals surface area contributed by atoms with Crippen LogP contribution in [-0.4, -0.2) is 31.8 Å². The average Bonchev–Trinajstić information content (AvgIpc) is 3.76. The maximum Gasteiger partial charge on any atom is 0.354 e. The molecule has 3 aromatic heterocycles. The normalized spacial score (nSPS) is 23.7. The third kappa shape index (κ3) is 5.11. The van der Waals surface area contributed by atoms with E-state index in [1.807, 2.05) is 18.2 Å². The maximum atomic E-state index is 11.3. The zero-order valence-electron chi connectivity index (χ0n) is 22.7. The number of aromatic carboxylic acids is 1. The first-order chi connectivity index (χ1) is 20.2. The van der Waals surface area contributed by atoms with Gasteiger partial charge in [0.25, 0.3) is 0 Å². The molecule has 0 radical (unpaired) electrons. The Morgan fingerprint density at radius 1 is 1.05 bits per heavy atom. The van der Waals surface area contributed by atoms with Crippen molar-refractivity contribution in [2.45, 2.75) is 69.5 Å². The van der Waals surface area contributed by atoms with E-state index in [0.717, 1.165) is 79.0 Å². The Balaban J connectivity index is 1.06. The van der Waals surface area contributed by atoms with Crippen LogP contribution >= 0.6 is 34.8 Å². The van der Waals surface area contributed by atoms with Crippen LogP contribution in [0, 0.1) is 5.41 Å². The molecule has 8 rings (SSSR count). The van der Waals surface area contributed by atoms with Crippen LogP contribution in [0.4, 0.5) is 0 Å². The molecule has 216 valence electrons. The lowest BCUT2D eigenvalue weighted by molar-refractivity contribution is -0.133. The number of carboxylic acids is 1. The number of benzene rings is 1. The van der Waals surface area contributed by atoms with E-state index in [4.69, 9.17) is 44.1 Å². The van der Waals surface area contributed by atoms with E-state index in [2.05, 4.69) is 27.3 Å². The highest BCUT2D eigenvalue weighted by Crippen LogP contribution is 2.55. The second-order valence-corrected chi connectivity index (χ2v) is 13.1. The maximum absolute atomic E-state index is 11.3. The topological polar surface area (TPSA) is 98.3 Å². The summed E-state index contributed by atoms with van der Waals surface area (Å²) in [6, 6.07) is 7.41. The van der Waals surface area contributed by atoms with Crippen molar-refractivity contribution in [1.82, 2.24) is 15.1 Å². The highest BCUT2D eigenvalue weighted by atomic mass is 35.5. The Bertz CT molecular complexity index is 1700. The number of carbonyl (C=O) groups is 1. The minimum atomic E-state index is -1.09. The van der Waals surface area contributed by atoms with Gasteiger partial charge in [-0.3, -0.25) is 4.98 Å². The van der Waals surface area contributed by atoms with Crippen LogP contribution in [0.15, 0.2) is 47.3 Å². The van der Waals surface area contributed by atoms with Gasteiger partial charge in [0.1, 0.15) is 16.6 Å². The number of ether oxygens (including phenoxy) is 1. The molecule has 10 heteroatoms. The number of halogens is 3. The fourth-order valence-electron chi connectivity index (χ4n) is 6.54. The fourth-order valence-corrected chi connectivity index (χ4v) is 7.34. The largest absolute Gasteiger partial charge is 0.477 e. The number of nitrogens with zero attached hydrogens (tertiary/aromatic N) is 3. The fraction of sp³-hybridized carbons (Fsp3) is 0.375. The molecule has 0 unspecified atom stereocenters. The van der Waals surface area contributed by atoms with Crippen LogP contribution in [-0.2, 0) is 11.3 Å². The van der Waals surface area contributed by atoms with Gasteiger partial charge >= 0.3 is 5.97 Å². The second kappa shape index (κ2) is 10.6. The van der Waals surface area contributed by atoms with Crippen molar-refractivity contribution in [3.63, 3.8) is 0 Å². The van der Waals surface area contributed by atoms with Gasteiger partial charge in [0.15, 0.2) is 5.69 Å². The van der Waals surface area contributed by atoms with Crippen LogP contribution in [0.2, 0.25) is 15.2 Å². The van der Waals surface area contributed by atoms with Gasteiger partial charge in [-0.2, -0.15) is 0 Å². The van der Waals surface area contributed by atoms with E-state index in [1.54, 1.807) is 18.5 Å². The number of hydrogen-bond donors (Lipinski definition) is 1. The number of allylic oxidation sites excluding steroid dienone is 1. The summed E-state index contributed by atoms with van der Waals surface area (Å²) < 4.78 is 12.6. The zero-order chi connectivity index (χ0) is 29.1. The molecule has 0 aliphatic heterocycles. The molecular weight excluding hydrogens is 597 g/mol. The SMILES string of the molecule is O=C(O)c1cc2ccc(C=CC34CCC(OCc5c(-c6c(Cl)cncc6Cl)noc5C5CC5)(CC3)CC4)cc2c(Cl)n1. The van der Waals surface area contributed by atoms with E-state index >= 15 is 0 Å². The first kappa shape index (κ1) is 27.8. The molecule has 0 saturated heterocycles. The molecule has 4 aliphatic carbocycles. The average molecular weight is 625 g/mol. The van der Waals surface area contributed by atoms with Crippen LogP contribution in [0.3, 0.4) is 0 Å². The molecule has 4 aromatic rings. The summed E-state index contributed by atoms with van der Waals surface area (Å²) in [5.74, 6) is 0.167. The van der Waals surface area contributed by atoms with Crippen LogP contribution in [0.1, 0.15) is 84.7 Å². The molecule has 4 saturated carbocycles. The van der Waals surface area contributed by atoms with Gasteiger partial charge in [-0.25, -0.2) is 9.78 Å². The van der Waals surface area contributed by atoms with Gasteiger partial charge in [-0.15, -0.1) is 0 Å². The Labute approximate surface area is 257 Å². The predicted octanol–water partition coefficient (Wildman–Crippen LogP) is 9.14. The Morgan fingerprint density at radius 3 is 2.43 bits per heavy atom. The molecule has 42 heavy (non-hydrogen) atoms. The standard InChI is InChI=1S/C32H28Cl3N3O4/c33-23-15-36-16-24(34)26(23)27-22(28(42-38-27)19-3-4-19)17-41-32-10-7-31(8-11-32,9-12-32)6-5-18-1-2-20-14-25(30(39)40)37-29(35)21(20)13-18/h1-2,5-6,13-16,19H,3-4,7-12,17H2,(H,39,40). The molecule has 2 bridgehead atoms. The van der Waals surface area contributed by atoms with E-state index < -0.39 is 5.97 Å². The summed E-state index contributed by atoms with van der Waals surface area (Å²) in [6.07, 6.45) is 15.9. The first-order valence-electron chi connectivity index (χ1n) is 14.2. The smallest absolute Gasteiger partial charge is 0.354 e. The van der Waals surface area contributed by atoms with Crippen molar-refractivity contribution in [2.75, 3.05) is 0 Å². The van der Waals surface area contributed by atoms with E-state index in [-0.39, 0.29) is 21.9 Å². The second-order valence-electron chi connectivity index (χ2n) is 11.9.